The van der Waals surface area contributed by atoms with E-state index in [1.54, 1.807) is 6.08 Å². The van der Waals surface area contributed by atoms with Gasteiger partial charge < -0.3 is 9.67 Å². The Morgan fingerprint density at radius 1 is 1.32 bits per heavy atom. The average molecular weight is 298 g/mol. The van der Waals surface area contributed by atoms with Gasteiger partial charge in [-0.25, -0.2) is 0 Å². The number of aliphatic carboxylic acids is 1. The lowest BCUT2D eigenvalue weighted by Gasteiger charge is -2.09. The van der Waals surface area contributed by atoms with E-state index in [1.165, 1.54) is 0 Å². The molecule has 0 atom stereocenters. The second-order valence-electron chi connectivity index (χ2n) is 5.27. The van der Waals surface area contributed by atoms with Gasteiger partial charge in [-0.15, -0.1) is 0 Å². The molecule has 1 saturated heterocycles. The van der Waals surface area contributed by atoms with E-state index in [4.69, 9.17) is 5.11 Å². The van der Waals surface area contributed by atoms with E-state index in [-0.39, 0.29) is 6.42 Å². The Labute approximate surface area is 126 Å². The van der Waals surface area contributed by atoms with E-state index in [2.05, 4.69) is 0 Å². The van der Waals surface area contributed by atoms with Gasteiger partial charge in [-0.05, 0) is 29.8 Å². The number of amides is 2. The Hall–Kier alpha value is -2.89. The monoisotopic (exact) mass is 298 g/mol. The van der Waals surface area contributed by atoms with E-state index in [0.717, 1.165) is 21.4 Å². The van der Waals surface area contributed by atoms with Crippen molar-refractivity contribution < 1.29 is 19.5 Å². The summed E-state index contributed by atoms with van der Waals surface area (Å²) in [6, 6.07) is 7.71. The van der Waals surface area contributed by atoms with Crippen molar-refractivity contribution in [3.63, 3.8) is 0 Å². The van der Waals surface area contributed by atoms with E-state index in [1.807, 2.05) is 42.1 Å². The predicted molar refractivity (Wildman–Crippen MR) is 79.9 cm³/mol. The van der Waals surface area contributed by atoms with Crippen molar-refractivity contribution in [3.8, 4) is 0 Å². The highest BCUT2D eigenvalue weighted by Crippen LogP contribution is 2.23. The van der Waals surface area contributed by atoms with Crippen molar-refractivity contribution >= 4 is 34.8 Å². The quantitative estimate of drug-likeness (QED) is 0.686. The second kappa shape index (κ2) is 5.14. The first kappa shape index (κ1) is 14.1. The van der Waals surface area contributed by atoms with Gasteiger partial charge in [-0.2, -0.15) is 0 Å². The summed E-state index contributed by atoms with van der Waals surface area (Å²) in [5, 5.41) is 9.78. The topological polar surface area (TPSA) is 79.6 Å². The van der Waals surface area contributed by atoms with Crippen molar-refractivity contribution in [2.75, 3.05) is 6.54 Å². The van der Waals surface area contributed by atoms with Crippen LogP contribution in [0.4, 0.5) is 0 Å². The number of aromatic nitrogens is 1. The van der Waals surface area contributed by atoms with Crippen LogP contribution in [0.25, 0.3) is 17.0 Å². The maximum atomic E-state index is 12.1. The molecule has 2 aromatic rings. The minimum atomic E-state index is -1.20. The van der Waals surface area contributed by atoms with Gasteiger partial charge in [0.2, 0.25) is 5.91 Å². The summed E-state index contributed by atoms with van der Waals surface area (Å²) in [5.74, 6) is -2.20. The van der Waals surface area contributed by atoms with Gasteiger partial charge in [0, 0.05) is 29.7 Å². The van der Waals surface area contributed by atoms with Crippen molar-refractivity contribution in [1.29, 1.82) is 0 Å². The van der Waals surface area contributed by atoms with Crippen LogP contribution in [0.5, 0.6) is 0 Å². The number of carbonyl (C=O) groups excluding carboxylic acids is 2. The van der Waals surface area contributed by atoms with Crippen LogP contribution in [0.1, 0.15) is 12.0 Å². The fourth-order valence-electron chi connectivity index (χ4n) is 2.62. The molecule has 6 heteroatoms. The van der Waals surface area contributed by atoms with Crippen molar-refractivity contribution in [3.05, 3.63) is 41.6 Å². The average Bonchev–Trinajstić information content (AvgIpc) is 2.94. The zero-order chi connectivity index (χ0) is 15.9. The van der Waals surface area contributed by atoms with Gasteiger partial charge in [0.25, 0.3) is 5.91 Å². The highest BCUT2D eigenvalue weighted by molar-refractivity contribution is 6.16. The molecule has 112 valence electrons. The Morgan fingerprint density at radius 3 is 2.82 bits per heavy atom. The summed E-state index contributed by atoms with van der Waals surface area (Å²) >= 11 is 0. The van der Waals surface area contributed by atoms with Crippen LogP contribution >= 0.6 is 0 Å². The molecule has 0 bridgehead atoms. The normalized spacial score (nSPS) is 17.0. The molecule has 1 N–H and O–H groups in total. The number of nitrogens with zero attached hydrogens (tertiary/aromatic N) is 2. The Kier molecular flexibility index (Phi) is 3.29. The summed E-state index contributed by atoms with van der Waals surface area (Å²) in [4.78, 5) is 35.3. The fraction of sp³-hybridized carbons (Fsp3) is 0.188. The molecule has 1 aliphatic heterocycles. The summed E-state index contributed by atoms with van der Waals surface area (Å²) in [6.45, 7) is -0.591. The van der Waals surface area contributed by atoms with Gasteiger partial charge in [-0.1, -0.05) is 6.07 Å². The highest BCUT2D eigenvalue weighted by Gasteiger charge is 2.34. The van der Waals surface area contributed by atoms with Crippen molar-refractivity contribution in [2.24, 2.45) is 7.05 Å². The molecule has 1 fully saturated rings. The Bertz CT molecular complexity index is 832. The molecular formula is C16H14N2O4. The molecule has 1 aromatic carbocycles. The first-order valence-electron chi connectivity index (χ1n) is 6.78. The van der Waals surface area contributed by atoms with Gasteiger partial charge in [0.1, 0.15) is 6.54 Å². The number of carboxylic acids is 1. The Morgan fingerprint density at radius 2 is 2.09 bits per heavy atom. The highest BCUT2D eigenvalue weighted by atomic mass is 16.4. The van der Waals surface area contributed by atoms with E-state index < -0.39 is 24.3 Å². The number of imide groups is 1. The van der Waals surface area contributed by atoms with Crippen LogP contribution < -0.4 is 0 Å². The minimum absolute atomic E-state index is 0.0566. The molecule has 1 aliphatic rings. The van der Waals surface area contributed by atoms with E-state index >= 15 is 0 Å². The summed E-state index contributed by atoms with van der Waals surface area (Å²) < 4.78 is 1.99. The van der Waals surface area contributed by atoms with Crippen LogP contribution in [0.2, 0.25) is 0 Å². The molecule has 6 nitrogen and oxygen atoms in total. The number of hydrogen-bond donors (Lipinski definition) is 1. The molecule has 22 heavy (non-hydrogen) atoms. The van der Waals surface area contributed by atoms with Gasteiger partial charge >= 0.3 is 5.97 Å². The third-order valence-electron chi connectivity index (χ3n) is 3.71. The molecule has 3 rings (SSSR count). The second-order valence-corrected chi connectivity index (χ2v) is 5.27. The maximum Gasteiger partial charge on any atom is 0.323 e. The largest absolute Gasteiger partial charge is 0.480 e. The zero-order valence-corrected chi connectivity index (χ0v) is 11.9. The number of rotatable bonds is 3. The molecule has 2 heterocycles. The predicted octanol–water partition coefficient (Wildman–Crippen LogP) is 1.41. The minimum Gasteiger partial charge on any atom is -0.480 e. The summed E-state index contributed by atoms with van der Waals surface area (Å²) in [7, 11) is 1.95. The number of benzene rings is 1. The molecule has 1 aromatic heterocycles. The number of fused-ring (bicyclic) bond motifs is 1. The van der Waals surface area contributed by atoms with Crippen LogP contribution in [0.3, 0.4) is 0 Å². The molecular weight excluding hydrogens is 284 g/mol. The number of carboxylic acid groups (broad SMARTS) is 1. The summed E-state index contributed by atoms with van der Waals surface area (Å²) in [5.41, 5.74) is 2.21. The molecule has 2 amide bonds. The number of likely N-dealkylation sites (tertiary alicyclic amines) is 1. The molecule has 0 saturated carbocycles. The first-order valence-corrected chi connectivity index (χ1v) is 6.78. The third-order valence-corrected chi connectivity index (χ3v) is 3.71. The fourth-order valence-corrected chi connectivity index (χ4v) is 2.62. The molecule has 0 spiro atoms. The van der Waals surface area contributed by atoms with Crippen LogP contribution in [-0.4, -0.2) is 38.9 Å². The van der Waals surface area contributed by atoms with Crippen molar-refractivity contribution in [2.45, 2.75) is 6.42 Å². The lowest BCUT2D eigenvalue weighted by atomic mass is 10.1. The number of aryl methyl sites for hydroxylation is 1. The molecule has 0 radical (unpaired) electrons. The number of carbonyl (C=O) groups is 3. The lowest BCUT2D eigenvalue weighted by Crippen LogP contribution is -2.34. The van der Waals surface area contributed by atoms with Gasteiger partial charge in [0.15, 0.2) is 0 Å². The van der Waals surface area contributed by atoms with Crippen molar-refractivity contribution in [1.82, 2.24) is 9.47 Å². The van der Waals surface area contributed by atoms with Crippen LogP contribution in [0.15, 0.2) is 36.0 Å². The van der Waals surface area contributed by atoms with Crippen LogP contribution in [0, 0.1) is 0 Å². The first-order chi connectivity index (χ1) is 10.5. The number of hydrogen-bond acceptors (Lipinski definition) is 3. The standard InChI is InChI=1S/C16H14N2O4/c1-17-5-4-11-6-10(2-3-13(11)17)7-12-8-14(19)18(16(12)22)9-15(20)21/h2-7H,8-9H2,1H3,(H,20,21)/b12-7+. The SMILES string of the molecule is Cn1ccc2cc(/C=C3\CC(=O)N(CC(=O)O)C3=O)ccc21. The van der Waals surface area contributed by atoms with Gasteiger partial charge in [-0.3, -0.25) is 19.3 Å². The summed E-state index contributed by atoms with van der Waals surface area (Å²) in [6.07, 6.45) is 3.54. The van der Waals surface area contributed by atoms with Crippen LogP contribution in [-0.2, 0) is 21.4 Å². The zero-order valence-electron chi connectivity index (χ0n) is 11.9. The maximum absolute atomic E-state index is 12.1. The lowest BCUT2D eigenvalue weighted by molar-refractivity contribution is -0.148. The molecule has 0 aliphatic carbocycles. The molecule has 0 unspecified atom stereocenters. The van der Waals surface area contributed by atoms with E-state index in [0.29, 0.717) is 5.57 Å². The smallest absolute Gasteiger partial charge is 0.323 e. The third kappa shape index (κ3) is 2.39. The van der Waals surface area contributed by atoms with Gasteiger partial charge in [0.05, 0.1) is 6.42 Å². The van der Waals surface area contributed by atoms with E-state index in [9.17, 15) is 14.4 Å². The Balaban J connectivity index is 1.92.